The maximum atomic E-state index is 11.6. The zero-order valence-electron chi connectivity index (χ0n) is 10.6. The molecule has 0 radical (unpaired) electrons. The molecule has 2 rings (SSSR count). The van der Waals surface area contributed by atoms with E-state index in [1.807, 2.05) is 30.3 Å². The molecule has 1 amide bonds. The molecular formula is C14H14NO4P. The third-order valence-electron chi connectivity index (χ3n) is 2.56. The maximum Gasteiger partial charge on any atom is 0.411 e. The molecule has 0 unspecified atom stereocenters. The lowest BCUT2D eigenvalue weighted by Crippen LogP contribution is -2.14. The average molecular weight is 291 g/mol. The Morgan fingerprint density at radius 2 is 1.70 bits per heavy atom. The molecule has 0 bridgehead atoms. The number of hydrogen-bond donors (Lipinski definition) is 3. The van der Waals surface area contributed by atoms with Gasteiger partial charge in [0.1, 0.15) is 6.61 Å². The summed E-state index contributed by atoms with van der Waals surface area (Å²) in [6.07, 6.45) is -0.558. The van der Waals surface area contributed by atoms with Gasteiger partial charge in [-0.2, -0.15) is 0 Å². The van der Waals surface area contributed by atoms with E-state index in [0.29, 0.717) is 11.0 Å². The van der Waals surface area contributed by atoms with E-state index in [0.717, 1.165) is 5.56 Å². The number of amides is 1. The van der Waals surface area contributed by atoms with Crippen molar-refractivity contribution >= 4 is 25.5 Å². The standard InChI is InChI=1S/C14H14NO4P/c16-14(19-10-11-4-2-1-3-5-11)15-12-6-8-13(9-7-12)20(17)18/h1-9,17-18H,10H2,(H,15,16). The Labute approximate surface area is 117 Å². The van der Waals surface area contributed by atoms with Crippen molar-refractivity contribution in [1.29, 1.82) is 0 Å². The molecule has 2 aromatic rings. The van der Waals surface area contributed by atoms with Crippen molar-refractivity contribution in [3.63, 3.8) is 0 Å². The van der Waals surface area contributed by atoms with E-state index in [4.69, 9.17) is 14.5 Å². The van der Waals surface area contributed by atoms with Crippen LogP contribution in [-0.2, 0) is 11.3 Å². The van der Waals surface area contributed by atoms with Crippen molar-refractivity contribution in [2.45, 2.75) is 6.61 Å². The van der Waals surface area contributed by atoms with E-state index in [-0.39, 0.29) is 6.61 Å². The Morgan fingerprint density at radius 1 is 1.05 bits per heavy atom. The number of hydrogen-bond acceptors (Lipinski definition) is 4. The van der Waals surface area contributed by atoms with Gasteiger partial charge in [-0.15, -0.1) is 0 Å². The molecule has 104 valence electrons. The molecule has 0 saturated carbocycles. The number of carbonyl (C=O) groups excluding carboxylic acids is 1. The van der Waals surface area contributed by atoms with E-state index in [1.54, 1.807) is 24.3 Å². The minimum Gasteiger partial charge on any atom is -0.444 e. The van der Waals surface area contributed by atoms with Crippen LogP contribution < -0.4 is 10.6 Å². The summed E-state index contributed by atoms with van der Waals surface area (Å²) in [5.41, 5.74) is 1.44. The molecular weight excluding hydrogens is 277 g/mol. The molecule has 0 spiro atoms. The molecule has 0 saturated heterocycles. The van der Waals surface area contributed by atoms with Crippen molar-refractivity contribution < 1.29 is 19.3 Å². The van der Waals surface area contributed by atoms with Gasteiger partial charge in [-0.3, -0.25) is 5.32 Å². The molecule has 0 fully saturated rings. The largest absolute Gasteiger partial charge is 0.444 e. The van der Waals surface area contributed by atoms with Crippen LogP contribution in [0.15, 0.2) is 54.6 Å². The lowest BCUT2D eigenvalue weighted by Gasteiger charge is -2.08. The van der Waals surface area contributed by atoms with Crippen molar-refractivity contribution in [3.05, 3.63) is 60.2 Å². The highest BCUT2D eigenvalue weighted by atomic mass is 31.2. The highest BCUT2D eigenvalue weighted by Crippen LogP contribution is 2.22. The van der Waals surface area contributed by atoms with Crippen LogP contribution in [0, 0.1) is 0 Å². The van der Waals surface area contributed by atoms with Crippen LogP contribution in [0.3, 0.4) is 0 Å². The Kier molecular flexibility index (Phi) is 5.07. The fraction of sp³-hybridized carbons (Fsp3) is 0.0714. The number of benzene rings is 2. The zero-order valence-corrected chi connectivity index (χ0v) is 11.5. The second kappa shape index (κ2) is 7.01. The normalized spacial score (nSPS) is 10.3. The highest BCUT2D eigenvalue weighted by Gasteiger charge is 2.06. The molecule has 6 heteroatoms. The minimum atomic E-state index is -2.11. The van der Waals surface area contributed by atoms with Gasteiger partial charge in [0, 0.05) is 11.0 Å². The van der Waals surface area contributed by atoms with Crippen LogP contribution in [-0.4, -0.2) is 15.9 Å². The third kappa shape index (κ3) is 4.31. The Morgan fingerprint density at radius 3 is 2.30 bits per heavy atom. The molecule has 0 aliphatic heterocycles. The molecule has 3 N–H and O–H groups in total. The first-order valence-electron chi connectivity index (χ1n) is 5.91. The first kappa shape index (κ1) is 14.5. The van der Waals surface area contributed by atoms with E-state index in [2.05, 4.69) is 5.32 Å². The molecule has 2 aromatic carbocycles. The van der Waals surface area contributed by atoms with Crippen molar-refractivity contribution in [2.24, 2.45) is 0 Å². The summed E-state index contributed by atoms with van der Waals surface area (Å²) < 4.78 is 5.06. The van der Waals surface area contributed by atoms with Crippen molar-refractivity contribution in [2.75, 3.05) is 5.32 Å². The fourth-order valence-corrected chi connectivity index (χ4v) is 1.97. The van der Waals surface area contributed by atoms with Crippen LogP contribution in [0.5, 0.6) is 0 Å². The van der Waals surface area contributed by atoms with Gasteiger partial charge in [-0.25, -0.2) is 4.79 Å². The van der Waals surface area contributed by atoms with Gasteiger partial charge in [0.15, 0.2) is 8.38 Å². The van der Waals surface area contributed by atoms with Crippen LogP contribution in [0.25, 0.3) is 0 Å². The smallest absolute Gasteiger partial charge is 0.411 e. The van der Waals surface area contributed by atoms with Crippen LogP contribution >= 0.6 is 8.38 Å². The summed E-state index contributed by atoms with van der Waals surface area (Å²) in [5.74, 6) is 0. The van der Waals surface area contributed by atoms with Crippen molar-refractivity contribution in [3.8, 4) is 0 Å². The predicted molar refractivity (Wildman–Crippen MR) is 77.7 cm³/mol. The number of anilines is 1. The quantitative estimate of drug-likeness (QED) is 0.756. The minimum absolute atomic E-state index is 0.198. The predicted octanol–water partition coefficient (Wildman–Crippen LogP) is 2.36. The first-order valence-corrected chi connectivity index (χ1v) is 7.15. The summed E-state index contributed by atoms with van der Waals surface area (Å²) in [6, 6.07) is 15.6. The number of nitrogens with one attached hydrogen (secondary N) is 1. The monoisotopic (exact) mass is 291 g/mol. The van der Waals surface area contributed by atoms with Crippen LogP contribution in [0.2, 0.25) is 0 Å². The van der Waals surface area contributed by atoms with E-state index in [9.17, 15) is 4.79 Å². The number of ether oxygens (including phenoxy) is 1. The summed E-state index contributed by atoms with van der Waals surface area (Å²) in [6.45, 7) is 0.198. The summed E-state index contributed by atoms with van der Waals surface area (Å²) in [7, 11) is -2.11. The fourth-order valence-electron chi connectivity index (χ4n) is 1.56. The molecule has 20 heavy (non-hydrogen) atoms. The van der Waals surface area contributed by atoms with Gasteiger partial charge in [0.2, 0.25) is 0 Å². The third-order valence-corrected chi connectivity index (χ3v) is 3.32. The van der Waals surface area contributed by atoms with E-state index < -0.39 is 14.5 Å². The molecule has 0 heterocycles. The Hall–Kier alpha value is -1.94. The highest BCUT2D eigenvalue weighted by molar-refractivity contribution is 7.54. The Balaban J connectivity index is 1.85. The summed E-state index contributed by atoms with van der Waals surface area (Å²) in [5, 5.41) is 2.98. The summed E-state index contributed by atoms with van der Waals surface area (Å²) >= 11 is 0. The average Bonchev–Trinajstić information content (AvgIpc) is 2.47. The second-order valence-electron chi connectivity index (χ2n) is 4.02. The first-order chi connectivity index (χ1) is 9.65. The maximum absolute atomic E-state index is 11.6. The van der Waals surface area contributed by atoms with Crippen LogP contribution in [0.1, 0.15) is 5.56 Å². The number of rotatable bonds is 4. The zero-order chi connectivity index (χ0) is 14.4. The van der Waals surface area contributed by atoms with Crippen LogP contribution in [0.4, 0.5) is 10.5 Å². The second-order valence-corrected chi connectivity index (χ2v) is 5.12. The molecule has 0 atom stereocenters. The SMILES string of the molecule is O=C(Nc1ccc(P(O)O)cc1)OCc1ccccc1. The lowest BCUT2D eigenvalue weighted by atomic mass is 10.2. The van der Waals surface area contributed by atoms with E-state index in [1.165, 1.54) is 0 Å². The Bertz CT molecular complexity index is 557. The van der Waals surface area contributed by atoms with Gasteiger partial charge in [0.25, 0.3) is 0 Å². The molecule has 0 aliphatic rings. The molecule has 0 aromatic heterocycles. The van der Waals surface area contributed by atoms with E-state index >= 15 is 0 Å². The van der Waals surface area contributed by atoms with Gasteiger partial charge < -0.3 is 14.5 Å². The van der Waals surface area contributed by atoms with Gasteiger partial charge in [-0.1, -0.05) is 30.3 Å². The van der Waals surface area contributed by atoms with Crippen molar-refractivity contribution in [1.82, 2.24) is 0 Å². The van der Waals surface area contributed by atoms with Gasteiger partial charge in [-0.05, 0) is 29.8 Å². The summed E-state index contributed by atoms with van der Waals surface area (Å²) in [4.78, 5) is 29.6. The number of carbonyl (C=O) groups is 1. The topological polar surface area (TPSA) is 78.8 Å². The van der Waals surface area contributed by atoms with Gasteiger partial charge in [0.05, 0.1) is 0 Å². The molecule has 0 aliphatic carbocycles. The lowest BCUT2D eigenvalue weighted by molar-refractivity contribution is 0.155. The van der Waals surface area contributed by atoms with Gasteiger partial charge >= 0.3 is 6.09 Å². The molecule has 5 nitrogen and oxygen atoms in total.